The third-order valence-corrected chi connectivity index (χ3v) is 3.70. The molecule has 0 unspecified atom stereocenters. The number of amides is 1. The SMILES string of the molecule is COC(=O)[C@H]1CCCN1C(=O)c1ccc(Cl)c([N+](=O)[O-])c1. The number of rotatable bonds is 3. The average Bonchev–Trinajstić information content (AvgIpc) is 2.95. The molecule has 0 N–H and O–H groups in total. The summed E-state index contributed by atoms with van der Waals surface area (Å²) < 4.78 is 4.67. The summed E-state index contributed by atoms with van der Waals surface area (Å²) in [6.45, 7) is 0.412. The van der Waals surface area contributed by atoms with Crippen LogP contribution in [0.25, 0.3) is 0 Å². The molecule has 0 radical (unpaired) electrons. The van der Waals surface area contributed by atoms with E-state index >= 15 is 0 Å². The van der Waals surface area contributed by atoms with Gasteiger partial charge in [-0.3, -0.25) is 14.9 Å². The highest BCUT2D eigenvalue weighted by Crippen LogP contribution is 2.27. The minimum atomic E-state index is -0.652. The standard InChI is InChI=1S/C13H13ClN2O5/c1-21-13(18)10-3-2-6-15(10)12(17)8-4-5-9(14)11(7-8)16(19)20/h4-5,7,10H,2-3,6H2,1H3/t10-/m1/s1. The summed E-state index contributed by atoms with van der Waals surface area (Å²) in [6, 6.07) is 3.19. The molecule has 1 aliphatic heterocycles. The highest BCUT2D eigenvalue weighted by Gasteiger charge is 2.35. The van der Waals surface area contributed by atoms with E-state index in [1.807, 2.05) is 0 Å². The van der Waals surface area contributed by atoms with Crippen LogP contribution in [0.1, 0.15) is 23.2 Å². The maximum atomic E-state index is 12.4. The van der Waals surface area contributed by atoms with Crippen molar-refractivity contribution in [3.8, 4) is 0 Å². The number of likely N-dealkylation sites (tertiary alicyclic amines) is 1. The number of benzene rings is 1. The van der Waals surface area contributed by atoms with Gasteiger partial charge in [-0.05, 0) is 25.0 Å². The number of halogens is 1. The van der Waals surface area contributed by atoms with Crippen LogP contribution in [-0.2, 0) is 9.53 Å². The lowest BCUT2D eigenvalue weighted by atomic mass is 10.1. The Kier molecular flexibility index (Phi) is 4.42. The van der Waals surface area contributed by atoms with Gasteiger partial charge in [-0.1, -0.05) is 11.6 Å². The van der Waals surface area contributed by atoms with Gasteiger partial charge in [0, 0.05) is 18.2 Å². The second kappa shape index (κ2) is 6.09. The largest absolute Gasteiger partial charge is 0.467 e. The van der Waals surface area contributed by atoms with Gasteiger partial charge in [-0.2, -0.15) is 0 Å². The number of esters is 1. The Morgan fingerprint density at radius 1 is 1.48 bits per heavy atom. The molecule has 2 rings (SSSR count). The molecule has 0 spiro atoms. The van der Waals surface area contributed by atoms with Gasteiger partial charge in [-0.25, -0.2) is 4.79 Å². The topological polar surface area (TPSA) is 89.8 Å². The number of methoxy groups -OCH3 is 1. The molecule has 0 aromatic heterocycles. The van der Waals surface area contributed by atoms with Crippen LogP contribution in [0.3, 0.4) is 0 Å². The van der Waals surface area contributed by atoms with Gasteiger partial charge in [0.2, 0.25) is 0 Å². The van der Waals surface area contributed by atoms with Gasteiger partial charge in [0.05, 0.1) is 12.0 Å². The van der Waals surface area contributed by atoms with E-state index in [2.05, 4.69) is 4.74 Å². The van der Waals surface area contributed by atoms with E-state index in [0.29, 0.717) is 19.4 Å². The number of hydrogen-bond acceptors (Lipinski definition) is 5. The van der Waals surface area contributed by atoms with Crippen molar-refractivity contribution in [3.63, 3.8) is 0 Å². The van der Waals surface area contributed by atoms with Gasteiger partial charge in [0.15, 0.2) is 0 Å². The molecular formula is C13H13ClN2O5. The molecule has 1 fully saturated rings. The van der Waals surface area contributed by atoms with Gasteiger partial charge < -0.3 is 9.64 Å². The molecule has 1 aromatic carbocycles. The molecule has 1 aliphatic rings. The van der Waals surface area contributed by atoms with Gasteiger partial charge in [0.25, 0.3) is 11.6 Å². The molecule has 1 heterocycles. The third kappa shape index (κ3) is 2.97. The fourth-order valence-corrected chi connectivity index (χ4v) is 2.53. The number of carbonyl (C=O) groups excluding carboxylic acids is 2. The van der Waals surface area contributed by atoms with Crippen molar-refractivity contribution in [1.82, 2.24) is 4.90 Å². The summed E-state index contributed by atoms with van der Waals surface area (Å²) in [7, 11) is 1.26. The van der Waals surface area contributed by atoms with Crippen LogP contribution in [0.5, 0.6) is 0 Å². The van der Waals surface area contributed by atoms with Gasteiger partial charge in [0.1, 0.15) is 11.1 Å². The normalized spacial score (nSPS) is 17.6. The third-order valence-electron chi connectivity index (χ3n) is 3.38. The van der Waals surface area contributed by atoms with E-state index in [0.717, 1.165) is 6.07 Å². The first-order chi connectivity index (χ1) is 9.95. The summed E-state index contributed by atoms with van der Waals surface area (Å²) in [5, 5.41) is 10.8. The van der Waals surface area contributed by atoms with E-state index in [1.54, 1.807) is 0 Å². The lowest BCUT2D eigenvalue weighted by Crippen LogP contribution is -2.41. The zero-order valence-electron chi connectivity index (χ0n) is 11.2. The Hall–Kier alpha value is -2.15. The Bertz CT molecular complexity index is 604. The summed E-state index contributed by atoms with van der Waals surface area (Å²) in [4.78, 5) is 35.6. The fourth-order valence-electron chi connectivity index (χ4n) is 2.34. The van der Waals surface area contributed by atoms with Crippen LogP contribution in [0.4, 0.5) is 5.69 Å². The summed E-state index contributed by atoms with van der Waals surface area (Å²) in [5.41, 5.74) is -0.210. The second-order valence-corrected chi connectivity index (χ2v) is 5.01. The lowest BCUT2D eigenvalue weighted by Gasteiger charge is -2.22. The molecule has 1 saturated heterocycles. The predicted octanol–water partition coefficient (Wildman–Crippen LogP) is 2.03. The molecule has 1 atom stereocenters. The van der Waals surface area contributed by atoms with Crippen molar-refractivity contribution >= 4 is 29.2 Å². The molecule has 112 valence electrons. The molecule has 0 bridgehead atoms. The first-order valence-corrected chi connectivity index (χ1v) is 6.66. The smallest absolute Gasteiger partial charge is 0.328 e. The van der Waals surface area contributed by atoms with Crippen LogP contribution < -0.4 is 0 Å². The molecule has 1 amide bonds. The Labute approximate surface area is 125 Å². The number of ether oxygens (including phenoxy) is 1. The Balaban J connectivity index is 2.29. The van der Waals surface area contributed by atoms with E-state index in [-0.39, 0.29) is 16.3 Å². The lowest BCUT2D eigenvalue weighted by molar-refractivity contribution is -0.384. The predicted molar refractivity (Wildman–Crippen MR) is 74.2 cm³/mol. The second-order valence-electron chi connectivity index (χ2n) is 4.60. The number of carbonyl (C=O) groups is 2. The maximum Gasteiger partial charge on any atom is 0.328 e. The van der Waals surface area contributed by atoms with Crippen LogP contribution in [0, 0.1) is 10.1 Å². The molecule has 1 aromatic rings. The van der Waals surface area contributed by atoms with E-state index in [4.69, 9.17) is 11.6 Å². The van der Waals surface area contributed by atoms with Crippen molar-refractivity contribution in [1.29, 1.82) is 0 Å². The van der Waals surface area contributed by atoms with Crippen molar-refractivity contribution in [3.05, 3.63) is 38.9 Å². The van der Waals surface area contributed by atoms with Crippen LogP contribution >= 0.6 is 11.6 Å². The number of hydrogen-bond donors (Lipinski definition) is 0. The zero-order valence-corrected chi connectivity index (χ0v) is 12.0. The molecule has 8 heteroatoms. The van der Waals surface area contributed by atoms with Crippen LogP contribution in [-0.4, -0.2) is 41.4 Å². The summed E-state index contributed by atoms with van der Waals surface area (Å²) in [5.74, 6) is -0.924. The van der Waals surface area contributed by atoms with Gasteiger partial charge in [-0.15, -0.1) is 0 Å². The highest BCUT2D eigenvalue weighted by atomic mass is 35.5. The highest BCUT2D eigenvalue weighted by molar-refractivity contribution is 6.32. The first-order valence-electron chi connectivity index (χ1n) is 6.28. The minimum absolute atomic E-state index is 0.0394. The average molecular weight is 313 g/mol. The number of nitro benzene ring substituents is 1. The van der Waals surface area contributed by atoms with E-state index < -0.39 is 22.8 Å². The van der Waals surface area contributed by atoms with Crippen molar-refractivity contribution < 1.29 is 19.2 Å². The molecule has 0 aliphatic carbocycles. The van der Waals surface area contributed by atoms with Gasteiger partial charge >= 0.3 is 5.97 Å². The molecule has 21 heavy (non-hydrogen) atoms. The quantitative estimate of drug-likeness (QED) is 0.484. The van der Waals surface area contributed by atoms with Crippen molar-refractivity contribution in [2.24, 2.45) is 0 Å². The Morgan fingerprint density at radius 2 is 2.19 bits per heavy atom. The van der Waals surface area contributed by atoms with E-state index in [9.17, 15) is 19.7 Å². The summed E-state index contributed by atoms with van der Waals surface area (Å²) in [6.07, 6.45) is 1.20. The molecule has 7 nitrogen and oxygen atoms in total. The van der Waals surface area contributed by atoms with E-state index in [1.165, 1.54) is 24.1 Å². The van der Waals surface area contributed by atoms with Crippen LogP contribution in [0.15, 0.2) is 18.2 Å². The number of nitro groups is 1. The van der Waals surface area contributed by atoms with Crippen molar-refractivity contribution in [2.75, 3.05) is 13.7 Å². The first kappa shape index (κ1) is 15.2. The molecular weight excluding hydrogens is 300 g/mol. The molecule has 0 saturated carbocycles. The number of nitrogens with zero attached hydrogens (tertiary/aromatic N) is 2. The van der Waals surface area contributed by atoms with Crippen LogP contribution in [0.2, 0.25) is 5.02 Å². The Morgan fingerprint density at radius 3 is 2.81 bits per heavy atom. The monoisotopic (exact) mass is 312 g/mol. The fraction of sp³-hybridized carbons (Fsp3) is 0.385. The van der Waals surface area contributed by atoms with Crippen molar-refractivity contribution in [2.45, 2.75) is 18.9 Å². The maximum absolute atomic E-state index is 12.4. The minimum Gasteiger partial charge on any atom is -0.467 e. The zero-order chi connectivity index (χ0) is 15.6. The summed E-state index contributed by atoms with van der Waals surface area (Å²) >= 11 is 5.72.